The molecule has 0 unspecified atom stereocenters. The van der Waals surface area contributed by atoms with E-state index in [1.54, 1.807) is 22.8 Å². The summed E-state index contributed by atoms with van der Waals surface area (Å²) in [7, 11) is 3.00. The standard InChI is InChI=1S/C23H28N4O5/c1-14(2)20(26-21(28)15-11-16(31-3)13-17(12-15)32-4)22(29)24-9-10-27-19-8-6-5-7-18(19)25-23(27)30/h5-8,11-14,20H,9-10H2,1-4H3,(H,24,29)(H,25,30)(H,26,28)/t20-/m1/s1. The minimum absolute atomic E-state index is 0.151. The molecule has 170 valence electrons. The number of H-pyrrole nitrogens is 1. The minimum Gasteiger partial charge on any atom is -0.497 e. The van der Waals surface area contributed by atoms with Crippen LogP contribution in [0, 0.1) is 5.92 Å². The van der Waals surface area contributed by atoms with Crippen molar-refractivity contribution in [3.05, 3.63) is 58.5 Å². The highest BCUT2D eigenvalue weighted by Crippen LogP contribution is 2.22. The Morgan fingerprint density at radius 1 is 1.06 bits per heavy atom. The molecule has 0 fully saturated rings. The summed E-state index contributed by atoms with van der Waals surface area (Å²) in [5.74, 6) is 0.0655. The van der Waals surface area contributed by atoms with Crippen molar-refractivity contribution in [3.63, 3.8) is 0 Å². The summed E-state index contributed by atoms with van der Waals surface area (Å²) in [4.78, 5) is 40.6. The number of carbonyl (C=O) groups excluding carboxylic acids is 2. The third-order valence-electron chi connectivity index (χ3n) is 5.17. The van der Waals surface area contributed by atoms with Crippen molar-refractivity contribution in [1.82, 2.24) is 20.2 Å². The lowest BCUT2D eigenvalue weighted by Gasteiger charge is -2.22. The minimum atomic E-state index is -0.751. The fourth-order valence-corrected chi connectivity index (χ4v) is 3.43. The van der Waals surface area contributed by atoms with E-state index in [0.29, 0.717) is 23.6 Å². The molecular formula is C23H28N4O5. The lowest BCUT2D eigenvalue weighted by Crippen LogP contribution is -2.50. The van der Waals surface area contributed by atoms with Gasteiger partial charge >= 0.3 is 5.69 Å². The lowest BCUT2D eigenvalue weighted by molar-refractivity contribution is -0.123. The Kier molecular flexibility index (Phi) is 7.19. The Hall–Kier alpha value is -3.75. The monoisotopic (exact) mass is 440 g/mol. The van der Waals surface area contributed by atoms with Crippen molar-refractivity contribution in [2.45, 2.75) is 26.4 Å². The number of methoxy groups -OCH3 is 2. The molecule has 3 N–H and O–H groups in total. The van der Waals surface area contributed by atoms with Gasteiger partial charge in [0.1, 0.15) is 17.5 Å². The lowest BCUT2D eigenvalue weighted by atomic mass is 10.0. The molecule has 1 heterocycles. The predicted molar refractivity (Wildman–Crippen MR) is 121 cm³/mol. The van der Waals surface area contributed by atoms with Gasteiger partial charge in [-0.15, -0.1) is 0 Å². The number of fused-ring (bicyclic) bond motifs is 1. The second-order valence-electron chi connectivity index (χ2n) is 7.69. The number of aromatic amines is 1. The van der Waals surface area contributed by atoms with Crippen LogP contribution in [0.1, 0.15) is 24.2 Å². The van der Waals surface area contributed by atoms with E-state index in [1.807, 2.05) is 38.1 Å². The molecule has 1 aromatic heterocycles. The zero-order valence-corrected chi connectivity index (χ0v) is 18.6. The Balaban J connectivity index is 1.66. The maximum absolute atomic E-state index is 12.8. The molecule has 9 heteroatoms. The van der Waals surface area contributed by atoms with Crippen LogP contribution >= 0.6 is 0 Å². The molecule has 0 aliphatic carbocycles. The average Bonchev–Trinajstić information content (AvgIpc) is 3.11. The number of para-hydroxylation sites is 2. The predicted octanol–water partition coefficient (Wildman–Crippen LogP) is 1.92. The van der Waals surface area contributed by atoms with E-state index >= 15 is 0 Å². The number of nitrogens with one attached hydrogen (secondary N) is 3. The summed E-state index contributed by atoms with van der Waals surface area (Å²) in [6, 6.07) is 11.4. The van der Waals surface area contributed by atoms with Gasteiger partial charge in [0.25, 0.3) is 5.91 Å². The summed E-state index contributed by atoms with van der Waals surface area (Å²) < 4.78 is 12.0. The molecule has 3 aromatic rings. The van der Waals surface area contributed by atoms with Crippen molar-refractivity contribution >= 4 is 22.8 Å². The maximum Gasteiger partial charge on any atom is 0.326 e. The number of carbonyl (C=O) groups is 2. The number of benzene rings is 2. The molecule has 0 saturated carbocycles. The molecule has 0 aliphatic rings. The number of hydrogen-bond donors (Lipinski definition) is 3. The zero-order chi connectivity index (χ0) is 23.3. The topological polar surface area (TPSA) is 114 Å². The van der Waals surface area contributed by atoms with Crippen LogP contribution in [0.15, 0.2) is 47.3 Å². The van der Waals surface area contributed by atoms with Gasteiger partial charge in [-0.25, -0.2) is 4.79 Å². The molecule has 0 saturated heterocycles. The fraction of sp³-hybridized carbons (Fsp3) is 0.348. The van der Waals surface area contributed by atoms with Gasteiger partial charge in [-0.3, -0.25) is 14.2 Å². The van der Waals surface area contributed by atoms with Crippen LogP contribution in [0.5, 0.6) is 11.5 Å². The van der Waals surface area contributed by atoms with Crippen LogP contribution in [0.25, 0.3) is 11.0 Å². The van der Waals surface area contributed by atoms with Crippen LogP contribution in [-0.2, 0) is 11.3 Å². The highest BCUT2D eigenvalue weighted by molar-refractivity contribution is 5.98. The second-order valence-corrected chi connectivity index (χ2v) is 7.69. The molecule has 2 aromatic carbocycles. The Morgan fingerprint density at radius 3 is 2.34 bits per heavy atom. The van der Waals surface area contributed by atoms with Crippen LogP contribution < -0.4 is 25.8 Å². The summed E-state index contributed by atoms with van der Waals surface area (Å²) in [5.41, 5.74) is 1.60. The zero-order valence-electron chi connectivity index (χ0n) is 18.6. The SMILES string of the molecule is COc1cc(OC)cc(C(=O)N[C@@H](C(=O)NCCn2c(=O)[nH]c3ccccc32)C(C)C)c1. The van der Waals surface area contributed by atoms with Crippen molar-refractivity contribution in [2.24, 2.45) is 5.92 Å². The number of amides is 2. The van der Waals surface area contributed by atoms with E-state index < -0.39 is 11.9 Å². The number of hydrogen-bond acceptors (Lipinski definition) is 5. The van der Waals surface area contributed by atoms with E-state index in [-0.39, 0.29) is 24.1 Å². The third kappa shape index (κ3) is 5.11. The van der Waals surface area contributed by atoms with Gasteiger partial charge < -0.3 is 25.1 Å². The highest BCUT2D eigenvalue weighted by Gasteiger charge is 2.25. The van der Waals surface area contributed by atoms with Gasteiger partial charge in [-0.2, -0.15) is 0 Å². The van der Waals surface area contributed by atoms with E-state index in [9.17, 15) is 14.4 Å². The molecule has 2 amide bonds. The van der Waals surface area contributed by atoms with Crippen molar-refractivity contribution in [3.8, 4) is 11.5 Å². The van der Waals surface area contributed by atoms with Gasteiger partial charge in [0.2, 0.25) is 5.91 Å². The fourth-order valence-electron chi connectivity index (χ4n) is 3.43. The van der Waals surface area contributed by atoms with Crippen molar-refractivity contribution in [1.29, 1.82) is 0 Å². The number of rotatable bonds is 9. The second kappa shape index (κ2) is 10.0. The smallest absolute Gasteiger partial charge is 0.326 e. The molecule has 9 nitrogen and oxygen atoms in total. The normalized spacial score (nSPS) is 11.9. The highest BCUT2D eigenvalue weighted by atomic mass is 16.5. The van der Waals surface area contributed by atoms with Gasteiger partial charge in [0.15, 0.2) is 0 Å². The van der Waals surface area contributed by atoms with Crippen LogP contribution in [0.3, 0.4) is 0 Å². The molecule has 1 atom stereocenters. The summed E-state index contributed by atoms with van der Waals surface area (Å²) in [5, 5.41) is 5.60. The van der Waals surface area contributed by atoms with Crippen molar-refractivity contribution in [2.75, 3.05) is 20.8 Å². The Bertz CT molecular complexity index is 1140. The first-order valence-corrected chi connectivity index (χ1v) is 10.3. The first-order valence-electron chi connectivity index (χ1n) is 10.3. The van der Waals surface area contributed by atoms with Gasteiger partial charge in [-0.1, -0.05) is 26.0 Å². The maximum atomic E-state index is 12.8. The molecule has 3 rings (SSSR count). The molecule has 0 spiro atoms. The van der Waals surface area contributed by atoms with Gasteiger partial charge in [0.05, 0.1) is 25.3 Å². The first kappa shape index (κ1) is 22.9. The Morgan fingerprint density at radius 2 is 1.72 bits per heavy atom. The molecule has 32 heavy (non-hydrogen) atoms. The van der Waals surface area contributed by atoms with E-state index in [0.717, 1.165) is 11.0 Å². The molecule has 0 radical (unpaired) electrons. The van der Waals surface area contributed by atoms with Gasteiger partial charge in [0, 0.05) is 24.7 Å². The molecule has 0 bridgehead atoms. The van der Waals surface area contributed by atoms with Crippen LogP contribution in [0.2, 0.25) is 0 Å². The van der Waals surface area contributed by atoms with Crippen molar-refractivity contribution < 1.29 is 19.1 Å². The molecule has 0 aliphatic heterocycles. The summed E-state index contributed by atoms with van der Waals surface area (Å²) >= 11 is 0. The van der Waals surface area contributed by atoms with E-state index in [4.69, 9.17) is 9.47 Å². The number of imidazole rings is 1. The van der Waals surface area contributed by atoms with E-state index in [1.165, 1.54) is 14.2 Å². The first-order chi connectivity index (χ1) is 15.3. The largest absolute Gasteiger partial charge is 0.497 e. The summed E-state index contributed by atoms with van der Waals surface area (Å²) in [6.45, 7) is 4.24. The number of nitrogens with zero attached hydrogens (tertiary/aromatic N) is 1. The number of aromatic nitrogens is 2. The van der Waals surface area contributed by atoms with Gasteiger partial charge in [-0.05, 0) is 30.2 Å². The van der Waals surface area contributed by atoms with Crippen LogP contribution in [0.4, 0.5) is 0 Å². The third-order valence-corrected chi connectivity index (χ3v) is 5.17. The average molecular weight is 441 g/mol. The van der Waals surface area contributed by atoms with E-state index in [2.05, 4.69) is 15.6 Å². The quantitative estimate of drug-likeness (QED) is 0.470. The number of ether oxygens (including phenoxy) is 2. The van der Waals surface area contributed by atoms with Crippen LogP contribution in [-0.4, -0.2) is 48.2 Å². The summed E-state index contributed by atoms with van der Waals surface area (Å²) in [6.07, 6.45) is 0. The molecular weight excluding hydrogens is 412 g/mol. The Labute approximate surface area is 185 Å².